The van der Waals surface area contributed by atoms with Crippen molar-refractivity contribution in [2.45, 2.75) is 12.5 Å². The van der Waals surface area contributed by atoms with Gasteiger partial charge >= 0.3 is 0 Å². The van der Waals surface area contributed by atoms with Crippen LogP contribution in [-0.4, -0.2) is 94.3 Å². The van der Waals surface area contributed by atoms with E-state index in [1.807, 2.05) is 16.8 Å². The van der Waals surface area contributed by atoms with Gasteiger partial charge in [0.2, 0.25) is 17.7 Å². The summed E-state index contributed by atoms with van der Waals surface area (Å²) in [6.45, 7) is 4.22. The number of nitrogens with zero attached hydrogens (tertiary/aromatic N) is 8. The summed E-state index contributed by atoms with van der Waals surface area (Å²) >= 11 is 0. The van der Waals surface area contributed by atoms with E-state index in [-0.39, 0.29) is 23.3 Å². The van der Waals surface area contributed by atoms with Gasteiger partial charge in [-0.25, -0.2) is 8.78 Å². The number of nitrogens with two attached hydrogens (primary N) is 1. The second-order valence-electron chi connectivity index (χ2n) is 9.68. The molecule has 40 heavy (non-hydrogen) atoms. The van der Waals surface area contributed by atoms with Gasteiger partial charge in [-0.2, -0.15) is 19.5 Å². The molecule has 0 aliphatic carbocycles. The highest BCUT2D eigenvalue weighted by molar-refractivity contribution is 5.83. The fraction of sp³-hybridized carbons (Fsp3) is 0.400. The summed E-state index contributed by atoms with van der Waals surface area (Å²) in [7, 11) is 1.87. The Balaban J connectivity index is 1.06. The minimum Gasteiger partial charge on any atom is -0.477 e. The maximum Gasteiger partial charge on any atom is 0.261 e. The number of nitrogen functional groups attached to an aromatic ring is 1. The molecule has 1 amide bonds. The molecular formula is C25H28F2N10O3. The fourth-order valence-electron chi connectivity index (χ4n) is 4.77. The molecule has 13 nitrogen and oxygen atoms in total. The number of benzene rings is 1. The Morgan fingerprint density at radius 1 is 1.18 bits per heavy atom. The number of aromatic nitrogens is 5. The Hall–Kier alpha value is -4.53. The van der Waals surface area contributed by atoms with Gasteiger partial charge in [-0.05, 0) is 12.1 Å². The van der Waals surface area contributed by atoms with E-state index in [4.69, 9.17) is 14.9 Å². The monoisotopic (exact) mass is 554 g/mol. The minimum atomic E-state index is -0.827. The van der Waals surface area contributed by atoms with E-state index in [9.17, 15) is 13.6 Å². The topological polar surface area (TPSA) is 143 Å². The van der Waals surface area contributed by atoms with E-state index in [0.717, 1.165) is 6.07 Å². The molecule has 210 valence electrons. The van der Waals surface area contributed by atoms with Crippen molar-refractivity contribution < 1.29 is 22.7 Å². The van der Waals surface area contributed by atoms with Crippen LogP contribution in [0.25, 0.3) is 17.4 Å². The minimum absolute atomic E-state index is 0.122. The molecule has 2 fully saturated rings. The number of ether oxygens (including phenoxy) is 1. The molecule has 3 aromatic heterocycles. The largest absolute Gasteiger partial charge is 0.477 e. The van der Waals surface area contributed by atoms with Gasteiger partial charge in [0, 0.05) is 71.4 Å². The molecule has 2 aliphatic rings. The molecule has 2 saturated heterocycles. The van der Waals surface area contributed by atoms with Crippen molar-refractivity contribution in [3.05, 3.63) is 42.2 Å². The summed E-state index contributed by atoms with van der Waals surface area (Å²) in [6.07, 6.45) is 1.20. The number of hydrogen-bond donors (Lipinski definition) is 2. The van der Waals surface area contributed by atoms with Crippen molar-refractivity contribution in [1.29, 1.82) is 0 Å². The first-order valence-electron chi connectivity index (χ1n) is 12.9. The van der Waals surface area contributed by atoms with Crippen molar-refractivity contribution >= 4 is 29.3 Å². The number of halogens is 2. The van der Waals surface area contributed by atoms with Gasteiger partial charge in [-0.15, -0.1) is 5.10 Å². The van der Waals surface area contributed by atoms with E-state index in [0.29, 0.717) is 75.5 Å². The first-order valence-corrected chi connectivity index (χ1v) is 12.9. The van der Waals surface area contributed by atoms with Crippen molar-refractivity contribution in [1.82, 2.24) is 34.8 Å². The summed E-state index contributed by atoms with van der Waals surface area (Å²) in [6, 6.07) is 5.65. The molecule has 4 aromatic rings. The summed E-state index contributed by atoms with van der Waals surface area (Å²) in [4.78, 5) is 31.1. The summed E-state index contributed by atoms with van der Waals surface area (Å²) in [5, 5.41) is 6.96. The number of anilines is 3. The SMILES string of the molecule is CN(CCN1CCN(c2cc(OC3CCNC3=O)c(F)cc2F)CC1)c1nc(N)n2nc(-c3ccco3)nc2n1. The summed E-state index contributed by atoms with van der Waals surface area (Å²) < 4.78 is 41.3. The summed E-state index contributed by atoms with van der Waals surface area (Å²) in [5.41, 5.74) is 6.36. The van der Waals surface area contributed by atoms with E-state index in [1.54, 1.807) is 12.1 Å². The zero-order valence-corrected chi connectivity index (χ0v) is 21.8. The number of amides is 1. The van der Waals surface area contributed by atoms with E-state index < -0.39 is 17.7 Å². The van der Waals surface area contributed by atoms with Gasteiger partial charge in [0.25, 0.3) is 11.7 Å². The van der Waals surface area contributed by atoms with Crippen LogP contribution in [-0.2, 0) is 4.79 Å². The predicted octanol–water partition coefficient (Wildman–Crippen LogP) is 1.17. The highest BCUT2D eigenvalue weighted by atomic mass is 19.1. The standard InChI is InChI=1S/C25H28F2N10O3/c1-34(24-31-23(28)37-25(32-24)30-21(33-37)18-3-2-12-39-18)6-7-35-8-10-36(11-9-35)17-14-20(16(27)13-15(17)26)40-19-4-5-29-22(19)38/h2-3,12-14,19H,4-11H2,1H3,(H,29,38)(H2,28,30,31,32,33). The molecule has 3 N–H and O–H groups in total. The van der Waals surface area contributed by atoms with Crippen molar-refractivity contribution in [3.8, 4) is 17.3 Å². The number of likely N-dealkylation sites (N-methyl/N-ethyl adjacent to an activating group) is 1. The number of carbonyl (C=O) groups excluding carboxylic acids is 1. The van der Waals surface area contributed by atoms with Gasteiger partial charge in [0.1, 0.15) is 5.82 Å². The first-order chi connectivity index (χ1) is 19.4. The molecule has 1 unspecified atom stereocenters. The molecule has 5 heterocycles. The highest BCUT2D eigenvalue weighted by Gasteiger charge is 2.28. The van der Waals surface area contributed by atoms with Crippen LogP contribution in [0, 0.1) is 11.6 Å². The lowest BCUT2D eigenvalue weighted by Crippen LogP contribution is -2.48. The molecule has 1 atom stereocenters. The number of piperazine rings is 1. The third-order valence-electron chi connectivity index (χ3n) is 7.04. The number of fused-ring (bicyclic) bond motifs is 1. The van der Waals surface area contributed by atoms with E-state index in [2.05, 4.69) is 30.3 Å². The molecule has 0 saturated carbocycles. The Morgan fingerprint density at radius 3 is 2.73 bits per heavy atom. The highest BCUT2D eigenvalue weighted by Crippen LogP contribution is 2.30. The van der Waals surface area contributed by atoms with Crippen LogP contribution < -0.4 is 25.6 Å². The van der Waals surface area contributed by atoms with E-state index in [1.165, 1.54) is 16.8 Å². The van der Waals surface area contributed by atoms with Gasteiger partial charge in [-0.1, -0.05) is 0 Å². The quantitative estimate of drug-likeness (QED) is 0.324. The first kappa shape index (κ1) is 25.7. The van der Waals surface area contributed by atoms with Gasteiger partial charge in [-0.3, -0.25) is 9.69 Å². The Labute approximate surface area is 227 Å². The molecule has 6 rings (SSSR count). The third kappa shape index (κ3) is 5.06. The van der Waals surface area contributed by atoms with Crippen LogP contribution >= 0.6 is 0 Å². The smallest absolute Gasteiger partial charge is 0.261 e. The Kier molecular flexibility index (Phi) is 6.79. The molecule has 15 heteroatoms. The molecule has 0 bridgehead atoms. The molecule has 1 aromatic carbocycles. The van der Waals surface area contributed by atoms with Crippen molar-refractivity contribution in [2.24, 2.45) is 0 Å². The second kappa shape index (κ2) is 10.6. The number of nitrogens with one attached hydrogen (secondary N) is 1. The number of carbonyl (C=O) groups is 1. The lowest BCUT2D eigenvalue weighted by molar-refractivity contribution is -0.125. The van der Waals surface area contributed by atoms with Crippen LogP contribution in [0.1, 0.15) is 6.42 Å². The lowest BCUT2D eigenvalue weighted by atomic mass is 10.2. The van der Waals surface area contributed by atoms with Crippen molar-refractivity contribution in [3.63, 3.8) is 0 Å². The van der Waals surface area contributed by atoms with E-state index >= 15 is 0 Å². The average molecular weight is 555 g/mol. The van der Waals surface area contributed by atoms with Crippen LogP contribution in [0.3, 0.4) is 0 Å². The maximum absolute atomic E-state index is 14.7. The van der Waals surface area contributed by atoms with Crippen LogP contribution in [0.15, 0.2) is 34.9 Å². The molecule has 2 aliphatic heterocycles. The predicted molar refractivity (Wildman–Crippen MR) is 141 cm³/mol. The molecule has 0 spiro atoms. The molecular weight excluding hydrogens is 526 g/mol. The Morgan fingerprint density at radius 2 is 2.00 bits per heavy atom. The number of furan rings is 1. The normalized spacial score (nSPS) is 17.9. The van der Waals surface area contributed by atoms with Gasteiger partial charge in [0.15, 0.2) is 23.4 Å². The fourth-order valence-corrected chi connectivity index (χ4v) is 4.77. The van der Waals surface area contributed by atoms with Gasteiger partial charge < -0.3 is 30.0 Å². The maximum atomic E-state index is 14.7. The third-order valence-corrected chi connectivity index (χ3v) is 7.04. The lowest BCUT2D eigenvalue weighted by Gasteiger charge is -2.37. The molecule has 0 radical (unpaired) electrons. The number of rotatable bonds is 8. The second-order valence-corrected chi connectivity index (χ2v) is 9.68. The van der Waals surface area contributed by atoms with Crippen LogP contribution in [0.2, 0.25) is 0 Å². The Bertz CT molecular complexity index is 1520. The number of hydrogen-bond acceptors (Lipinski definition) is 11. The average Bonchev–Trinajstić information content (AvgIpc) is 3.71. The van der Waals surface area contributed by atoms with Crippen LogP contribution in [0.5, 0.6) is 5.75 Å². The zero-order chi connectivity index (χ0) is 27.8. The van der Waals surface area contributed by atoms with Crippen molar-refractivity contribution in [2.75, 3.05) is 68.4 Å². The van der Waals surface area contributed by atoms with Gasteiger partial charge in [0.05, 0.1) is 12.0 Å². The zero-order valence-electron chi connectivity index (χ0n) is 21.8. The summed E-state index contributed by atoms with van der Waals surface area (Å²) in [5.74, 6) is -0.154. The van der Waals surface area contributed by atoms with Crippen LogP contribution in [0.4, 0.5) is 26.4 Å².